The molecular formula is C26H25FN2O4. The zero-order valence-corrected chi connectivity index (χ0v) is 18.2. The lowest BCUT2D eigenvalue weighted by Gasteiger charge is -2.36. The molecule has 0 aromatic heterocycles. The lowest BCUT2D eigenvalue weighted by Crippen LogP contribution is -2.49. The van der Waals surface area contributed by atoms with E-state index in [1.807, 2.05) is 18.2 Å². The van der Waals surface area contributed by atoms with E-state index >= 15 is 0 Å². The number of amides is 1. The summed E-state index contributed by atoms with van der Waals surface area (Å²) in [5.74, 6) is -0.619. The number of hydrogen-bond donors (Lipinski definition) is 0. The van der Waals surface area contributed by atoms with Gasteiger partial charge in [0, 0.05) is 31.9 Å². The maximum atomic E-state index is 13.0. The highest BCUT2D eigenvalue weighted by Crippen LogP contribution is 2.17. The first-order valence-corrected chi connectivity index (χ1v) is 10.8. The van der Waals surface area contributed by atoms with Gasteiger partial charge in [0.1, 0.15) is 18.2 Å². The maximum absolute atomic E-state index is 13.0. The molecule has 6 nitrogen and oxygen atoms in total. The Labute approximate surface area is 192 Å². The molecule has 1 aliphatic rings. The molecule has 0 atom stereocenters. The van der Waals surface area contributed by atoms with Crippen LogP contribution >= 0.6 is 0 Å². The summed E-state index contributed by atoms with van der Waals surface area (Å²) >= 11 is 0. The smallest absolute Gasteiger partial charge is 0.338 e. The maximum Gasteiger partial charge on any atom is 0.338 e. The molecular weight excluding hydrogens is 423 g/mol. The Morgan fingerprint density at radius 3 is 2.30 bits per heavy atom. The van der Waals surface area contributed by atoms with E-state index in [1.165, 1.54) is 12.1 Å². The molecule has 3 aromatic rings. The number of rotatable bonds is 7. The van der Waals surface area contributed by atoms with E-state index in [1.54, 1.807) is 41.3 Å². The van der Waals surface area contributed by atoms with Gasteiger partial charge in [0.05, 0.1) is 5.56 Å². The minimum Gasteiger partial charge on any atom is -0.489 e. The first-order chi connectivity index (χ1) is 16.1. The molecule has 1 fully saturated rings. The van der Waals surface area contributed by atoms with Crippen molar-refractivity contribution in [2.75, 3.05) is 37.7 Å². The Balaban J connectivity index is 1.24. The number of nitrogens with zero attached hydrogens (tertiary/aromatic N) is 2. The van der Waals surface area contributed by atoms with Gasteiger partial charge in [-0.2, -0.15) is 0 Å². The fourth-order valence-corrected chi connectivity index (χ4v) is 3.61. The molecule has 1 saturated heterocycles. The highest BCUT2D eigenvalue weighted by molar-refractivity contribution is 5.91. The van der Waals surface area contributed by atoms with Gasteiger partial charge >= 0.3 is 5.97 Å². The van der Waals surface area contributed by atoms with Gasteiger partial charge < -0.3 is 19.3 Å². The second kappa shape index (κ2) is 10.6. The van der Waals surface area contributed by atoms with Gasteiger partial charge in [0.2, 0.25) is 0 Å². The van der Waals surface area contributed by atoms with Gasteiger partial charge in [0.15, 0.2) is 6.61 Å². The molecule has 0 saturated carbocycles. The van der Waals surface area contributed by atoms with Crippen molar-refractivity contribution in [2.45, 2.75) is 6.61 Å². The van der Waals surface area contributed by atoms with Crippen molar-refractivity contribution in [3.05, 3.63) is 95.8 Å². The molecule has 0 N–H and O–H groups in total. The zero-order valence-electron chi connectivity index (χ0n) is 18.2. The van der Waals surface area contributed by atoms with Gasteiger partial charge in [-0.05, 0) is 48.0 Å². The van der Waals surface area contributed by atoms with E-state index in [4.69, 9.17) is 9.47 Å². The Morgan fingerprint density at radius 2 is 1.58 bits per heavy atom. The Kier molecular flexibility index (Phi) is 7.19. The molecule has 170 valence electrons. The Hall–Kier alpha value is -3.87. The van der Waals surface area contributed by atoms with Crippen molar-refractivity contribution in [3.8, 4) is 5.75 Å². The van der Waals surface area contributed by atoms with Crippen molar-refractivity contribution < 1.29 is 23.5 Å². The molecule has 0 aliphatic carbocycles. The minimum absolute atomic E-state index is 0.209. The van der Waals surface area contributed by atoms with Crippen LogP contribution in [-0.4, -0.2) is 49.6 Å². The van der Waals surface area contributed by atoms with Crippen LogP contribution in [0.15, 0.2) is 78.9 Å². The van der Waals surface area contributed by atoms with E-state index in [-0.39, 0.29) is 24.9 Å². The largest absolute Gasteiger partial charge is 0.489 e. The van der Waals surface area contributed by atoms with Crippen molar-refractivity contribution in [1.82, 2.24) is 4.90 Å². The van der Waals surface area contributed by atoms with Gasteiger partial charge in [-0.25, -0.2) is 9.18 Å². The highest BCUT2D eigenvalue weighted by atomic mass is 19.1. The molecule has 0 unspecified atom stereocenters. The lowest BCUT2D eigenvalue weighted by molar-refractivity contribution is -0.134. The second-order valence-electron chi connectivity index (χ2n) is 7.72. The number of piperazine rings is 1. The van der Waals surface area contributed by atoms with E-state index < -0.39 is 5.97 Å². The lowest BCUT2D eigenvalue weighted by atomic mass is 10.2. The van der Waals surface area contributed by atoms with Crippen LogP contribution in [0.25, 0.3) is 0 Å². The van der Waals surface area contributed by atoms with Crippen LogP contribution in [0.1, 0.15) is 15.9 Å². The SMILES string of the molecule is O=C(OCC(=O)N1CCN(c2ccccc2)CC1)c1cccc(OCc2ccc(F)cc2)c1. The topological polar surface area (TPSA) is 59.1 Å². The summed E-state index contributed by atoms with van der Waals surface area (Å²) in [5.41, 5.74) is 2.24. The monoisotopic (exact) mass is 448 g/mol. The fraction of sp³-hybridized carbons (Fsp3) is 0.231. The summed E-state index contributed by atoms with van der Waals surface area (Å²) in [5, 5.41) is 0. The number of anilines is 1. The van der Waals surface area contributed by atoms with Crippen LogP contribution < -0.4 is 9.64 Å². The van der Waals surface area contributed by atoms with Gasteiger partial charge in [0.25, 0.3) is 5.91 Å². The predicted octanol–water partition coefficient (Wildman–Crippen LogP) is 3.91. The molecule has 3 aromatic carbocycles. The van der Waals surface area contributed by atoms with Crippen molar-refractivity contribution in [3.63, 3.8) is 0 Å². The van der Waals surface area contributed by atoms with Crippen molar-refractivity contribution in [2.24, 2.45) is 0 Å². The molecule has 1 aliphatic heterocycles. The van der Waals surface area contributed by atoms with Crippen LogP contribution in [0.3, 0.4) is 0 Å². The number of benzene rings is 3. The van der Waals surface area contributed by atoms with Crippen LogP contribution in [0.4, 0.5) is 10.1 Å². The third-order valence-electron chi connectivity index (χ3n) is 5.47. The third-order valence-corrected chi connectivity index (χ3v) is 5.47. The van der Waals surface area contributed by atoms with Crippen molar-refractivity contribution >= 4 is 17.6 Å². The molecule has 4 rings (SSSR count). The van der Waals surface area contributed by atoms with Gasteiger partial charge in [-0.3, -0.25) is 4.79 Å². The predicted molar refractivity (Wildman–Crippen MR) is 123 cm³/mol. The summed E-state index contributed by atoms with van der Waals surface area (Å²) in [6.45, 7) is 2.57. The normalized spacial score (nSPS) is 13.5. The molecule has 0 bridgehead atoms. The molecule has 33 heavy (non-hydrogen) atoms. The Morgan fingerprint density at radius 1 is 0.848 bits per heavy atom. The van der Waals surface area contributed by atoms with Gasteiger partial charge in [-0.1, -0.05) is 36.4 Å². The minimum atomic E-state index is -0.585. The standard InChI is InChI=1S/C26H25FN2O4/c27-22-11-9-20(10-12-22)18-32-24-8-4-5-21(17-24)26(31)33-19-25(30)29-15-13-28(14-16-29)23-6-2-1-3-7-23/h1-12,17H,13-16,18-19H2. The van der Waals surface area contributed by atoms with Crippen LogP contribution in [0.5, 0.6) is 5.75 Å². The third kappa shape index (κ3) is 6.10. The summed E-state index contributed by atoms with van der Waals surface area (Å²) in [6.07, 6.45) is 0. The van der Waals surface area contributed by atoms with E-state index in [0.717, 1.165) is 24.3 Å². The molecule has 0 radical (unpaired) electrons. The number of carbonyl (C=O) groups is 2. The molecule has 1 heterocycles. The Bertz CT molecular complexity index is 1080. The van der Waals surface area contributed by atoms with Gasteiger partial charge in [-0.15, -0.1) is 0 Å². The van der Waals surface area contributed by atoms with E-state index in [2.05, 4.69) is 17.0 Å². The number of halogens is 1. The number of hydrogen-bond acceptors (Lipinski definition) is 5. The fourth-order valence-electron chi connectivity index (χ4n) is 3.61. The summed E-state index contributed by atoms with van der Waals surface area (Å²) < 4.78 is 23.9. The van der Waals surface area contributed by atoms with Crippen LogP contribution in [0.2, 0.25) is 0 Å². The second-order valence-corrected chi connectivity index (χ2v) is 7.72. The summed E-state index contributed by atoms with van der Waals surface area (Å²) in [7, 11) is 0. The zero-order chi connectivity index (χ0) is 23.0. The highest BCUT2D eigenvalue weighted by Gasteiger charge is 2.22. The van der Waals surface area contributed by atoms with Crippen LogP contribution in [0, 0.1) is 5.82 Å². The molecule has 0 spiro atoms. The van der Waals surface area contributed by atoms with Crippen molar-refractivity contribution in [1.29, 1.82) is 0 Å². The average molecular weight is 448 g/mol. The van der Waals surface area contributed by atoms with E-state index in [9.17, 15) is 14.0 Å². The first kappa shape index (κ1) is 22.3. The molecule has 7 heteroatoms. The average Bonchev–Trinajstić information content (AvgIpc) is 2.87. The number of esters is 1. The quantitative estimate of drug-likeness (QED) is 0.513. The first-order valence-electron chi connectivity index (χ1n) is 10.8. The summed E-state index contributed by atoms with van der Waals surface area (Å²) in [6, 6.07) is 22.7. The number of ether oxygens (including phenoxy) is 2. The van der Waals surface area contributed by atoms with Crippen LogP contribution in [-0.2, 0) is 16.1 Å². The molecule has 1 amide bonds. The summed E-state index contributed by atoms with van der Waals surface area (Å²) in [4.78, 5) is 28.9. The number of para-hydroxylation sites is 1. The van der Waals surface area contributed by atoms with E-state index in [0.29, 0.717) is 24.4 Å². The number of carbonyl (C=O) groups excluding carboxylic acids is 2.